The van der Waals surface area contributed by atoms with Crippen LogP contribution in [0.25, 0.3) is 0 Å². The zero-order chi connectivity index (χ0) is 13.7. The van der Waals surface area contributed by atoms with Crippen molar-refractivity contribution in [2.24, 2.45) is 0 Å². The standard InChI is InChI=1S/C9H13F5O2S/c1-6(7(15)16-2)17-5-3-4-8(10,11)9(12,13)14/h6H,3-5H2,1-2H3. The molecule has 0 heterocycles. The van der Waals surface area contributed by atoms with Crippen LogP contribution in [0.15, 0.2) is 0 Å². The van der Waals surface area contributed by atoms with Crippen molar-refractivity contribution in [3.05, 3.63) is 0 Å². The lowest BCUT2D eigenvalue weighted by Gasteiger charge is -2.19. The maximum atomic E-state index is 12.5. The van der Waals surface area contributed by atoms with E-state index in [0.717, 1.165) is 11.8 Å². The summed E-state index contributed by atoms with van der Waals surface area (Å²) in [6.07, 6.45) is -7.10. The molecule has 17 heavy (non-hydrogen) atoms. The van der Waals surface area contributed by atoms with E-state index in [-0.39, 0.29) is 12.2 Å². The fraction of sp³-hybridized carbons (Fsp3) is 0.889. The van der Waals surface area contributed by atoms with Gasteiger partial charge in [-0.25, -0.2) is 0 Å². The molecule has 0 saturated carbocycles. The first-order valence-electron chi connectivity index (χ1n) is 4.76. The molecule has 0 spiro atoms. The highest BCUT2D eigenvalue weighted by Gasteiger charge is 2.56. The number of carbonyl (C=O) groups excluding carboxylic acids is 1. The average molecular weight is 280 g/mol. The van der Waals surface area contributed by atoms with E-state index in [4.69, 9.17) is 0 Å². The number of ether oxygens (including phenoxy) is 1. The van der Waals surface area contributed by atoms with E-state index in [1.54, 1.807) is 0 Å². The predicted octanol–water partition coefficient (Wildman–Crippen LogP) is 3.26. The van der Waals surface area contributed by atoms with E-state index in [1.807, 2.05) is 0 Å². The molecule has 0 fully saturated rings. The van der Waals surface area contributed by atoms with Gasteiger partial charge >= 0.3 is 18.1 Å². The summed E-state index contributed by atoms with van der Waals surface area (Å²) in [4.78, 5) is 10.9. The van der Waals surface area contributed by atoms with E-state index in [1.165, 1.54) is 14.0 Å². The number of hydrogen-bond donors (Lipinski definition) is 0. The van der Waals surface area contributed by atoms with Crippen LogP contribution in [-0.2, 0) is 9.53 Å². The summed E-state index contributed by atoms with van der Waals surface area (Å²) >= 11 is 0.985. The minimum absolute atomic E-state index is 0.0436. The van der Waals surface area contributed by atoms with Gasteiger partial charge in [0.15, 0.2) is 0 Å². The van der Waals surface area contributed by atoms with Gasteiger partial charge in [0.05, 0.1) is 12.4 Å². The number of methoxy groups -OCH3 is 1. The monoisotopic (exact) mass is 280 g/mol. The molecule has 0 N–H and O–H groups in total. The van der Waals surface area contributed by atoms with Crippen LogP contribution in [0.4, 0.5) is 22.0 Å². The molecule has 0 radical (unpaired) electrons. The van der Waals surface area contributed by atoms with E-state index >= 15 is 0 Å². The quantitative estimate of drug-likeness (QED) is 0.424. The Kier molecular flexibility index (Phi) is 6.22. The summed E-state index contributed by atoms with van der Waals surface area (Å²) in [6, 6.07) is 0. The molecule has 0 bridgehead atoms. The van der Waals surface area contributed by atoms with Crippen LogP contribution in [-0.4, -0.2) is 36.2 Å². The van der Waals surface area contributed by atoms with Crippen LogP contribution in [0.3, 0.4) is 0 Å². The Hall–Kier alpha value is -0.530. The molecule has 102 valence electrons. The third-order valence-electron chi connectivity index (χ3n) is 1.95. The topological polar surface area (TPSA) is 26.3 Å². The zero-order valence-electron chi connectivity index (χ0n) is 9.31. The summed E-state index contributed by atoms with van der Waals surface area (Å²) in [5.74, 6) is -5.15. The summed E-state index contributed by atoms with van der Waals surface area (Å²) in [5, 5.41) is -0.570. The average Bonchev–Trinajstić information content (AvgIpc) is 2.21. The third kappa shape index (κ3) is 5.56. The number of esters is 1. The van der Waals surface area contributed by atoms with Gasteiger partial charge in [0, 0.05) is 6.42 Å². The molecule has 0 aromatic heterocycles. The Morgan fingerprint density at radius 2 is 1.82 bits per heavy atom. The molecule has 0 aliphatic carbocycles. The van der Waals surface area contributed by atoms with E-state index in [0.29, 0.717) is 0 Å². The summed E-state index contributed by atoms with van der Waals surface area (Å²) < 4.78 is 64.6. The molecule has 1 atom stereocenters. The van der Waals surface area contributed by atoms with Crippen LogP contribution in [0.2, 0.25) is 0 Å². The molecular weight excluding hydrogens is 267 g/mol. The number of rotatable bonds is 6. The number of thioether (sulfide) groups is 1. The molecule has 0 aliphatic heterocycles. The van der Waals surface area contributed by atoms with Crippen molar-refractivity contribution in [2.75, 3.05) is 12.9 Å². The van der Waals surface area contributed by atoms with Gasteiger partial charge < -0.3 is 4.74 Å². The Bertz CT molecular complexity index is 254. The number of carbonyl (C=O) groups is 1. The first-order chi connectivity index (χ1) is 7.62. The first kappa shape index (κ1) is 16.5. The van der Waals surface area contributed by atoms with Gasteiger partial charge in [-0.3, -0.25) is 4.79 Å². The number of halogens is 5. The first-order valence-corrected chi connectivity index (χ1v) is 5.80. The summed E-state index contributed by atoms with van der Waals surface area (Å²) in [5.41, 5.74) is 0. The smallest absolute Gasteiger partial charge is 0.453 e. The van der Waals surface area contributed by atoms with Crippen LogP contribution in [0.1, 0.15) is 19.8 Å². The zero-order valence-corrected chi connectivity index (χ0v) is 10.1. The van der Waals surface area contributed by atoms with Gasteiger partial charge in [0.1, 0.15) is 0 Å². The van der Waals surface area contributed by atoms with Crippen molar-refractivity contribution in [3.8, 4) is 0 Å². The van der Waals surface area contributed by atoms with Crippen LogP contribution >= 0.6 is 11.8 Å². The number of hydrogen-bond acceptors (Lipinski definition) is 3. The fourth-order valence-corrected chi connectivity index (χ4v) is 1.83. The largest absolute Gasteiger partial charge is 0.468 e. The normalized spacial score (nSPS) is 14.5. The minimum Gasteiger partial charge on any atom is -0.468 e. The number of alkyl halides is 5. The van der Waals surface area contributed by atoms with Gasteiger partial charge in [-0.2, -0.15) is 22.0 Å². The lowest BCUT2D eigenvalue weighted by Crippen LogP contribution is -2.36. The van der Waals surface area contributed by atoms with Gasteiger partial charge in [0.25, 0.3) is 0 Å². The molecule has 2 nitrogen and oxygen atoms in total. The highest BCUT2D eigenvalue weighted by atomic mass is 32.2. The van der Waals surface area contributed by atoms with E-state index in [9.17, 15) is 26.7 Å². The molecule has 1 unspecified atom stereocenters. The Balaban J connectivity index is 3.90. The minimum atomic E-state index is -5.51. The Morgan fingerprint density at radius 3 is 2.24 bits per heavy atom. The van der Waals surface area contributed by atoms with Crippen LogP contribution in [0.5, 0.6) is 0 Å². The van der Waals surface area contributed by atoms with Crippen molar-refractivity contribution in [1.29, 1.82) is 0 Å². The summed E-state index contributed by atoms with van der Waals surface area (Å²) in [6.45, 7) is 1.50. The van der Waals surface area contributed by atoms with Gasteiger partial charge in [-0.15, -0.1) is 11.8 Å². The van der Waals surface area contributed by atoms with Crippen molar-refractivity contribution < 1.29 is 31.5 Å². The van der Waals surface area contributed by atoms with Crippen LogP contribution < -0.4 is 0 Å². The van der Waals surface area contributed by atoms with Crippen molar-refractivity contribution in [2.45, 2.75) is 37.1 Å². The molecule has 0 aliphatic rings. The molecule has 8 heteroatoms. The SMILES string of the molecule is COC(=O)C(C)SCCCC(F)(F)C(F)(F)F. The van der Waals surface area contributed by atoms with Crippen LogP contribution in [0, 0.1) is 0 Å². The lowest BCUT2D eigenvalue weighted by molar-refractivity contribution is -0.284. The predicted molar refractivity (Wildman–Crippen MR) is 54.2 cm³/mol. The second-order valence-corrected chi connectivity index (χ2v) is 4.79. The molecule has 0 amide bonds. The van der Waals surface area contributed by atoms with Gasteiger partial charge in [-0.1, -0.05) is 0 Å². The second kappa shape index (κ2) is 6.42. The summed E-state index contributed by atoms with van der Waals surface area (Å²) in [7, 11) is 1.18. The van der Waals surface area contributed by atoms with Gasteiger partial charge in [-0.05, 0) is 19.1 Å². The molecule has 0 saturated heterocycles. The molecular formula is C9H13F5O2S. The van der Waals surface area contributed by atoms with Gasteiger partial charge in [0.2, 0.25) is 0 Å². The maximum absolute atomic E-state index is 12.5. The fourth-order valence-electron chi connectivity index (χ4n) is 0.930. The van der Waals surface area contributed by atoms with E-state index < -0.39 is 29.7 Å². The molecule has 0 aromatic carbocycles. The third-order valence-corrected chi connectivity index (χ3v) is 3.17. The highest BCUT2D eigenvalue weighted by molar-refractivity contribution is 8.00. The Labute approximate surface area is 99.9 Å². The molecule has 0 aromatic rings. The molecule has 0 rings (SSSR count). The van der Waals surface area contributed by atoms with Crippen molar-refractivity contribution >= 4 is 17.7 Å². The van der Waals surface area contributed by atoms with Crippen molar-refractivity contribution in [3.63, 3.8) is 0 Å². The maximum Gasteiger partial charge on any atom is 0.453 e. The lowest BCUT2D eigenvalue weighted by atomic mass is 10.2. The second-order valence-electron chi connectivity index (χ2n) is 3.34. The highest BCUT2D eigenvalue weighted by Crippen LogP contribution is 2.39. The van der Waals surface area contributed by atoms with Crippen molar-refractivity contribution in [1.82, 2.24) is 0 Å². The Morgan fingerprint density at radius 1 is 1.29 bits per heavy atom. The van der Waals surface area contributed by atoms with E-state index in [2.05, 4.69) is 4.74 Å².